The maximum Gasteiger partial charge on any atom is 0.0485 e. The van der Waals surface area contributed by atoms with E-state index in [2.05, 4.69) is 27.0 Å². The van der Waals surface area contributed by atoms with Gasteiger partial charge in [0.25, 0.3) is 0 Å². The van der Waals surface area contributed by atoms with E-state index >= 15 is 0 Å². The van der Waals surface area contributed by atoms with E-state index in [4.69, 9.17) is 17.3 Å². The Morgan fingerprint density at radius 1 is 1.35 bits per heavy atom. The van der Waals surface area contributed by atoms with E-state index in [-0.39, 0.29) is 12.0 Å². The predicted molar refractivity (Wildman–Crippen MR) is 86.0 cm³/mol. The average molecular weight is 352 g/mol. The molecule has 1 aliphatic carbocycles. The molecule has 2 unspecified atom stereocenters. The Kier molecular flexibility index (Phi) is 4.11. The molecule has 0 radical (unpaired) electrons. The number of nitrogens with zero attached hydrogens (tertiary/aromatic N) is 1. The topological polar surface area (TPSA) is 38.9 Å². The fourth-order valence-electron chi connectivity index (χ4n) is 2.98. The van der Waals surface area contributed by atoms with Crippen LogP contribution in [0.2, 0.25) is 5.02 Å². The van der Waals surface area contributed by atoms with Crippen molar-refractivity contribution in [3.63, 3.8) is 0 Å². The smallest absolute Gasteiger partial charge is 0.0485 e. The zero-order valence-electron chi connectivity index (χ0n) is 11.0. The highest BCUT2D eigenvalue weighted by Gasteiger charge is 2.28. The summed E-state index contributed by atoms with van der Waals surface area (Å²) >= 11 is 9.57. The molecule has 2 atom stereocenters. The van der Waals surface area contributed by atoms with Crippen molar-refractivity contribution in [2.45, 2.75) is 31.2 Å². The minimum atomic E-state index is -0.0596. The van der Waals surface area contributed by atoms with Gasteiger partial charge in [-0.2, -0.15) is 0 Å². The van der Waals surface area contributed by atoms with E-state index in [0.29, 0.717) is 0 Å². The van der Waals surface area contributed by atoms with Gasteiger partial charge in [-0.3, -0.25) is 4.98 Å². The molecule has 0 fully saturated rings. The van der Waals surface area contributed by atoms with Crippen molar-refractivity contribution in [1.29, 1.82) is 0 Å². The van der Waals surface area contributed by atoms with E-state index in [9.17, 15) is 0 Å². The number of aromatic nitrogens is 1. The molecule has 0 saturated carbocycles. The van der Waals surface area contributed by atoms with Crippen LogP contribution in [0.4, 0.5) is 0 Å². The van der Waals surface area contributed by atoms with E-state index in [1.807, 2.05) is 30.5 Å². The molecule has 20 heavy (non-hydrogen) atoms. The largest absolute Gasteiger partial charge is 0.323 e. The molecule has 1 aromatic carbocycles. The Balaban J connectivity index is 1.97. The number of pyridine rings is 1. The molecule has 0 aliphatic heterocycles. The van der Waals surface area contributed by atoms with E-state index in [1.54, 1.807) is 0 Å². The van der Waals surface area contributed by atoms with Gasteiger partial charge in [0.05, 0.1) is 0 Å². The van der Waals surface area contributed by atoms with Crippen LogP contribution in [-0.2, 0) is 6.42 Å². The molecule has 1 aliphatic rings. The monoisotopic (exact) mass is 350 g/mol. The zero-order valence-corrected chi connectivity index (χ0v) is 13.4. The highest BCUT2D eigenvalue weighted by atomic mass is 79.9. The lowest BCUT2D eigenvalue weighted by molar-refractivity contribution is 0.462. The second-order valence-electron chi connectivity index (χ2n) is 5.24. The maximum atomic E-state index is 6.52. The van der Waals surface area contributed by atoms with Crippen LogP contribution in [0.25, 0.3) is 0 Å². The molecular weight excluding hydrogens is 336 g/mol. The molecule has 2 aromatic rings. The van der Waals surface area contributed by atoms with Crippen LogP contribution in [0.15, 0.2) is 41.0 Å². The second kappa shape index (κ2) is 5.84. The highest BCUT2D eigenvalue weighted by Crippen LogP contribution is 2.40. The van der Waals surface area contributed by atoms with E-state index in [0.717, 1.165) is 33.6 Å². The molecule has 3 rings (SSSR count). The highest BCUT2D eigenvalue weighted by molar-refractivity contribution is 9.10. The summed E-state index contributed by atoms with van der Waals surface area (Å²) < 4.78 is 0.973. The first-order chi connectivity index (χ1) is 9.66. The van der Waals surface area contributed by atoms with Crippen molar-refractivity contribution in [1.82, 2.24) is 4.98 Å². The lowest BCUT2D eigenvalue weighted by Gasteiger charge is -2.29. The number of hydrogen-bond acceptors (Lipinski definition) is 2. The molecule has 0 amide bonds. The minimum absolute atomic E-state index is 0.0596. The van der Waals surface area contributed by atoms with Gasteiger partial charge in [-0.25, -0.2) is 0 Å². The average Bonchev–Trinajstić information content (AvgIpc) is 2.46. The summed E-state index contributed by atoms with van der Waals surface area (Å²) in [6, 6.07) is 9.91. The summed E-state index contributed by atoms with van der Waals surface area (Å²) in [5, 5.41) is 0.718. The normalized spacial score (nSPS) is 19.4. The molecule has 0 saturated heterocycles. The zero-order chi connectivity index (χ0) is 14.1. The standard InChI is InChI=1S/C16H16BrClN2/c17-14-9-11(18)6-7-12(14)15(19)13-5-1-3-10-4-2-8-20-16(10)13/h2,4,6-9,13,15H,1,3,5,19H2. The van der Waals surface area contributed by atoms with Crippen LogP contribution in [0.5, 0.6) is 0 Å². The number of aryl methyl sites for hydroxylation is 1. The number of benzene rings is 1. The van der Waals surface area contributed by atoms with Crippen molar-refractivity contribution in [3.05, 3.63) is 62.8 Å². The summed E-state index contributed by atoms with van der Waals surface area (Å²) in [5.74, 6) is 0.275. The Morgan fingerprint density at radius 2 is 2.20 bits per heavy atom. The molecule has 0 bridgehead atoms. The molecule has 2 N–H and O–H groups in total. The van der Waals surface area contributed by atoms with Gasteiger partial charge in [-0.15, -0.1) is 0 Å². The summed E-state index contributed by atoms with van der Waals surface area (Å²) in [4.78, 5) is 4.57. The third kappa shape index (κ3) is 2.62. The third-order valence-electron chi connectivity index (χ3n) is 3.99. The van der Waals surface area contributed by atoms with Gasteiger partial charge in [0.1, 0.15) is 0 Å². The van der Waals surface area contributed by atoms with Crippen molar-refractivity contribution < 1.29 is 0 Å². The lowest BCUT2D eigenvalue weighted by atomic mass is 9.80. The SMILES string of the molecule is NC(c1ccc(Cl)cc1Br)C1CCCc2cccnc21. The van der Waals surface area contributed by atoms with E-state index < -0.39 is 0 Å². The molecule has 1 heterocycles. The summed E-state index contributed by atoms with van der Waals surface area (Å²) in [7, 11) is 0. The summed E-state index contributed by atoms with van der Waals surface area (Å²) in [5.41, 5.74) is 10.1. The number of rotatable bonds is 2. The van der Waals surface area contributed by atoms with Crippen molar-refractivity contribution >= 4 is 27.5 Å². The molecule has 104 valence electrons. The molecular formula is C16H16BrClN2. The van der Waals surface area contributed by atoms with Gasteiger partial charge in [0.2, 0.25) is 0 Å². The first kappa shape index (κ1) is 14.1. The molecule has 1 aromatic heterocycles. The molecule has 2 nitrogen and oxygen atoms in total. The fraction of sp³-hybridized carbons (Fsp3) is 0.312. The number of nitrogens with two attached hydrogens (primary N) is 1. The van der Waals surface area contributed by atoms with Gasteiger partial charge in [0.15, 0.2) is 0 Å². The van der Waals surface area contributed by atoms with Gasteiger partial charge in [0, 0.05) is 33.3 Å². The predicted octanol–water partition coefficient (Wildman–Crippen LogP) is 4.62. The lowest BCUT2D eigenvalue weighted by Crippen LogP contribution is -2.24. The van der Waals surface area contributed by atoms with E-state index in [1.165, 1.54) is 12.0 Å². The Hall–Kier alpha value is -0.900. The van der Waals surface area contributed by atoms with Crippen LogP contribution in [-0.4, -0.2) is 4.98 Å². The van der Waals surface area contributed by atoms with Crippen LogP contribution in [0.1, 0.15) is 41.6 Å². The van der Waals surface area contributed by atoms with Crippen LogP contribution >= 0.6 is 27.5 Å². The Morgan fingerprint density at radius 3 is 3.00 bits per heavy atom. The Labute approximate surface area is 132 Å². The van der Waals surface area contributed by atoms with Gasteiger partial charge < -0.3 is 5.73 Å². The fourth-order valence-corrected chi connectivity index (χ4v) is 3.93. The quantitative estimate of drug-likeness (QED) is 0.857. The molecule has 4 heteroatoms. The van der Waals surface area contributed by atoms with Gasteiger partial charge >= 0.3 is 0 Å². The maximum absolute atomic E-state index is 6.52. The Bertz CT molecular complexity index is 630. The van der Waals surface area contributed by atoms with Crippen molar-refractivity contribution in [2.24, 2.45) is 5.73 Å². The van der Waals surface area contributed by atoms with Crippen LogP contribution < -0.4 is 5.73 Å². The van der Waals surface area contributed by atoms with Crippen molar-refractivity contribution in [3.8, 4) is 0 Å². The number of hydrogen-bond donors (Lipinski definition) is 1. The summed E-state index contributed by atoms with van der Waals surface area (Å²) in [6.45, 7) is 0. The van der Waals surface area contributed by atoms with Crippen LogP contribution in [0, 0.1) is 0 Å². The minimum Gasteiger partial charge on any atom is -0.323 e. The number of halogens is 2. The van der Waals surface area contributed by atoms with Gasteiger partial charge in [-0.05, 0) is 48.6 Å². The second-order valence-corrected chi connectivity index (χ2v) is 6.53. The molecule has 0 spiro atoms. The first-order valence-electron chi connectivity index (χ1n) is 6.81. The van der Waals surface area contributed by atoms with Crippen molar-refractivity contribution in [2.75, 3.05) is 0 Å². The number of fused-ring (bicyclic) bond motifs is 1. The first-order valence-corrected chi connectivity index (χ1v) is 7.98. The van der Waals surface area contributed by atoms with Gasteiger partial charge in [-0.1, -0.05) is 39.7 Å². The third-order valence-corrected chi connectivity index (χ3v) is 4.92. The van der Waals surface area contributed by atoms with Crippen LogP contribution in [0.3, 0.4) is 0 Å². The summed E-state index contributed by atoms with van der Waals surface area (Å²) in [6.07, 6.45) is 5.22.